The van der Waals surface area contributed by atoms with Gasteiger partial charge in [0.05, 0.1) is 21.3 Å². The minimum absolute atomic E-state index is 0.0610. The van der Waals surface area contributed by atoms with Crippen LogP contribution < -0.4 is 14.2 Å². The Morgan fingerprint density at radius 3 is 2.42 bits per heavy atom. The number of carbonyl (C=O) groups is 1. The Bertz CT molecular complexity index is 712. The molecule has 24 heavy (non-hydrogen) atoms. The lowest BCUT2D eigenvalue weighted by Crippen LogP contribution is -2.32. The molecule has 1 N–H and O–H groups in total. The molecule has 0 aromatic heterocycles. The van der Waals surface area contributed by atoms with Crippen molar-refractivity contribution in [1.29, 1.82) is 0 Å². The van der Waals surface area contributed by atoms with Crippen LogP contribution in [0.25, 0.3) is 6.08 Å². The van der Waals surface area contributed by atoms with Crippen molar-refractivity contribution < 1.29 is 27.4 Å². The van der Waals surface area contributed by atoms with E-state index in [4.69, 9.17) is 9.47 Å². The number of methoxy groups -OCH3 is 3. The molecular weight excluding hydrogens is 334 g/mol. The molecule has 0 aliphatic rings. The van der Waals surface area contributed by atoms with Crippen LogP contribution in [0.2, 0.25) is 0 Å². The Hall–Kier alpha value is -2.06. The van der Waals surface area contributed by atoms with Gasteiger partial charge in [-0.25, -0.2) is 17.9 Å². The Kier molecular flexibility index (Phi) is 7.24. The molecule has 0 aliphatic heterocycles. The van der Waals surface area contributed by atoms with E-state index in [-0.39, 0.29) is 22.4 Å². The van der Waals surface area contributed by atoms with Crippen LogP contribution in [0.1, 0.15) is 25.8 Å². The van der Waals surface area contributed by atoms with E-state index in [9.17, 15) is 13.2 Å². The number of ether oxygens (including phenoxy) is 3. The molecule has 0 fully saturated rings. The Morgan fingerprint density at radius 2 is 1.92 bits per heavy atom. The first kappa shape index (κ1) is 20.0. The minimum Gasteiger partial charge on any atom is -0.493 e. The smallest absolute Gasteiger partial charge is 0.330 e. The van der Waals surface area contributed by atoms with Gasteiger partial charge in [0.15, 0.2) is 11.5 Å². The molecule has 0 heterocycles. The van der Waals surface area contributed by atoms with E-state index in [2.05, 4.69) is 9.46 Å². The van der Waals surface area contributed by atoms with Crippen molar-refractivity contribution >= 4 is 22.1 Å². The summed E-state index contributed by atoms with van der Waals surface area (Å²) < 4.78 is 42.8. The summed E-state index contributed by atoms with van der Waals surface area (Å²) in [4.78, 5) is 11.2. The normalized spacial score (nSPS) is 12.9. The van der Waals surface area contributed by atoms with Crippen molar-refractivity contribution in [2.75, 3.05) is 21.3 Å². The van der Waals surface area contributed by atoms with E-state index < -0.39 is 16.0 Å². The highest BCUT2D eigenvalue weighted by Gasteiger charge is 2.24. The maximum Gasteiger partial charge on any atom is 0.330 e. The first-order valence-electron chi connectivity index (χ1n) is 7.33. The topological polar surface area (TPSA) is 90.9 Å². The molecule has 0 saturated heterocycles. The van der Waals surface area contributed by atoms with Gasteiger partial charge in [-0.1, -0.05) is 6.92 Å². The second kappa shape index (κ2) is 8.70. The van der Waals surface area contributed by atoms with Crippen LogP contribution in [-0.2, 0) is 19.6 Å². The molecule has 0 bridgehead atoms. The molecule has 1 aromatic carbocycles. The second-order valence-electron chi connectivity index (χ2n) is 5.04. The summed E-state index contributed by atoms with van der Waals surface area (Å²) >= 11 is 0. The lowest BCUT2D eigenvalue weighted by Gasteiger charge is -2.17. The zero-order valence-corrected chi connectivity index (χ0v) is 15.3. The van der Waals surface area contributed by atoms with Crippen LogP contribution in [0, 0.1) is 0 Å². The molecular formula is C16H23NO6S. The average molecular weight is 357 g/mol. The number of rotatable bonds is 8. The highest BCUT2D eigenvalue weighted by Crippen LogP contribution is 2.36. The second-order valence-corrected chi connectivity index (χ2v) is 6.72. The third-order valence-corrected chi connectivity index (χ3v) is 4.93. The summed E-state index contributed by atoms with van der Waals surface area (Å²) in [5.74, 6) is -0.204. The highest BCUT2D eigenvalue weighted by atomic mass is 32.2. The zero-order valence-electron chi connectivity index (χ0n) is 14.5. The standard InChI is InChI=1S/C16H23NO6S/c1-6-11(2)17-24(19,20)14-10-12(7-8-15(18)22-4)9-13(21-3)16(14)23-5/h7-11,17H,6H2,1-5H3/b8-7+/t11-/m1/s1. The minimum atomic E-state index is -3.82. The fourth-order valence-electron chi connectivity index (χ4n) is 1.89. The molecule has 7 nitrogen and oxygen atoms in total. The van der Waals surface area contributed by atoms with Gasteiger partial charge in [0.1, 0.15) is 4.90 Å². The van der Waals surface area contributed by atoms with Crippen molar-refractivity contribution in [3.05, 3.63) is 23.8 Å². The molecule has 0 aliphatic carbocycles. The Morgan fingerprint density at radius 1 is 1.25 bits per heavy atom. The summed E-state index contributed by atoms with van der Waals surface area (Å²) in [7, 11) is 0.211. The van der Waals surface area contributed by atoms with Gasteiger partial charge in [-0.05, 0) is 37.1 Å². The van der Waals surface area contributed by atoms with Crippen molar-refractivity contribution in [2.45, 2.75) is 31.2 Å². The van der Waals surface area contributed by atoms with Crippen molar-refractivity contribution in [3.8, 4) is 11.5 Å². The highest BCUT2D eigenvalue weighted by molar-refractivity contribution is 7.89. The summed E-state index contributed by atoms with van der Waals surface area (Å²) in [5.41, 5.74) is 0.461. The van der Waals surface area contributed by atoms with Gasteiger partial charge in [-0.2, -0.15) is 0 Å². The third kappa shape index (κ3) is 4.97. The summed E-state index contributed by atoms with van der Waals surface area (Å²) in [5, 5.41) is 0. The maximum absolute atomic E-state index is 12.6. The number of hydrogen-bond donors (Lipinski definition) is 1. The van der Waals surface area contributed by atoms with Crippen LogP contribution in [0.15, 0.2) is 23.1 Å². The maximum atomic E-state index is 12.6. The van der Waals surface area contributed by atoms with E-state index in [1.165, 1.54) is 39.5 Å². The van der Waals surface area contributed by atoms with E-state index >= 15 is 0 Å². The predicted molar refractivity (Wildman–Crippen MR) is 90.7 cm³/mol. The van der Waals surface area contributed by atoms with Gasteiger partial charge in [-0.3, -0.25) is 0 Å². The number of sulfonamides is 1. The van der Waals surface area contributed by atoms with Gasteiger partial charge in [-0.15, -0.1) is 0 Å². The van der Waals surface area contributed by atoms with Crippen LogP contribution in [-0.4, -0.2) is 41.8 Å². The van der Waals surface area contributed by atoms with Crippen LogP contribution in [0.5, 0.6) is 11.5 Å². The molecule has 1 aromatic rings. The van der Waals surface area contributed by atoms with Gasteiger partial charge >= 0.3 is 5.97 Å². The quantitative estimate of drug-likeness (QED) is 0.565. The first-order chi connectivity index (χ1) is 11.3. The van der Waals surface area contributed by atoms with Crippen LogP contribution in [0.4, 0.5) is 0 Å². The SMILES string of the molecule is CC[C@@H](C)NS(=O)(=O)c1cc(/C=C/C(=O)OC)cc(OC)c1OC. The predicted octanol–water partition coefficient (Wildman–Crippen LogP) is 1.97. The molecule has 1 rings (SSSR count). The monoisotopic (exact) mass is 357 g/mol. The number of carbonyl (C=O) groups excluding carboxylic acids is 1. The number of benzene rings is 1. The van der Waals surface area contributed by atoms with Crippen LogP contribution >= 0.6 is 0 Å². The summed E-state index contributed by atoms with van der Waals surface area (Å²) in [6.45, 7) is 3.64. The summed E-state index contributed by atoms with van der Waals surface area (Å²) in [6, 6.07) is 2.74. The molecule has 8 heteroatoms. The molecule has 134 valence electrons. The van der Waals surface area contributed by atoms with Crippen molar-refractivity contribution in [2.24, 2.45) is 0 Å². The Labute approximate surface area is 142 Å². The van der Waals surface area contributed by atoms with Gasteiger partial charge in [0.2, 0.25) is 10.0 Å². The zero-order chi connectivity index (χ0) is 18.3. The molecule has 0 spiro atoms. The van der Waals surface area contributed by atoms with E-state index in [0.717, 1.165) is 0 Å². The lowest BCUT2D eigenvalue weighted by molar-refractivity contribution is -0.134. The van der Waals surface area contributed by atoms with Crippen molar-refractivity contribution in [3.63, 3.8) is 0 Å². The fourth-order valence-corrected chi connectivity index (χ4v) is 3.43. The molecule has 0 radical (unpaired) electrons. The van der Waals surface area contributed by atoms with E-state index in [1.54, 1.807) is 13.0 Å². The average Bonchev–Trinajstić information content (AvgIpc) is 2.57. The van der Waals surface area contributed by atoms with Gasteiger partial charge in [0.25, 0.3) is 0 Å². The molecule has 0 unspecified atom stereocenters. The molecule has 0 amide bonds. The molecule has 0 saturated carbocycles. The Balaban J connectivity index is 3.45. The largest absolute Gasteiger partial charge is 0.493 e. The summed E-state index contributed by atoms with van der Waals surface area (Å²) in [6.07, 6.45) is 3.27. The van der Waals surface area contributed by atoms with Crippen molar-refractivity contribution in [1.82, 2.24) is 4.72 Å². The van der Waals surface area contributed by atoms with Gasteiger partial charge in [0, 0.05) is 12.1 Å². The van der Waals surface area contributed by atoms with E-state index in [0.29, 0.717) is 12.0 Å². The first-order valence-corrected chi connectivity index (χ1v) is 8.81. The molecule has 1 atom stereocenters. The number of hydrogen-bond acceptors (Lipinski definition) is 6. The van der Waals surface area contributed by atoms with Gasteiger partial charge < -0.3 is 14.2 Å². The lowest BCUT2D eigenvalue weighted by atomic mass is 10.2. The fraction of sp³-hybridized carbons (Fsp3) is 0.438. The number of esters is 1. The third-order valence-electron chi connectivity index (χ3n) is 3.34. The van der Waals surface area contributed by atoms with E-state index in [1.807, 2.05) is 6.92 Å². The van der Waals surface area contributed by atoms with Crippen LogP contribution in [0.3, 0.4) is 0 Å². The number of nitrogens with one attached hydrogen (secondary N) is 1.